The van der Waals surface area contributed by atoms with Crippen molar-refractivity contribution in [2.75, 3.05) is 38.6 Å². The molecule has 0 radical (unpaired) electrons. The number of nitrogen functional groups attached to an aromatic ring is 1. The molecule has 2 fully saturated rings. The number of benzene rings is 1. The zero-order valence-electron chi connectivity index (χ0n) is 19.2. The molecule has 1 aromatic carbocycles. The Kier molecular flexibility index (Phi) is 11.1. The summed E-state index contributed by atoms with van der Waals surface area (Å²) in [6.45, 7) is 6.18. The van der Waals surface area contributed by atoms with Crippen LogP contribution in [-0.2, 0) is 14.3 Å². The minimum Gasteiger partial charge on any atom is -0.493 e. The van der Waals surface area contributed by atoms with Gasteiger partial charge >= 0.3 is 11.9 Å². The average Bonchev–Trinajstić information content (AvgIpc) is 3.29. The topological polar surface area (TPSA) is 151 Å². The number of anilines is 1. The van der Waals surface area contributed by atoms with Crippen LogP contribution in [0.3, 0.4) is 0 Å². The lowest BCUT2D eigenvalue weighted by molar-refractivity contribution is -0.134. The number of rotatable bonds is 8. The van der Waals surface area contributed by atoms with Crippen molar-refractivity contribution in [2.45, 2.75) is 44.8 Å². The fourth-order valence-corrected chi connectivity index (χ4v) is 3.93. The molecule has 0 spiro atoms. The number of carbonyl (C=O) groups excluding carboxylic acids is 1. The fourth-order valence-electron chi connectivity index (χ4n) is 3.76. The van der Waals surface area contributed by atoms with Crippen LogP contribution in [0.2, 0.25) is 5.02 Å². The van der Waals surface area contributed by atoms with E-state index in [-0.39, 0.29) is 11.9 Å². The lowest BCUT2D eigenvalue weighted by Gasteiger charge is -2.33. The summed E-state index contributed by atoms with van der Waals surface area (Å²) in [6.07, 6.45) is 5.70. The number of piperidine rings is 1. The van der Waals surface area contributed by atoms with Crippen LogP contribution in [0.25, 0.3) is 0 Å². The number of likely N-dealkylation sites (tertiary alicyclic amines) is 1. The van der Waals surface area contributed by atoms with Crippen molar-refractivity contribution < 1.29 is 34.1 Å². The second-order valence-corrected chi connectivity index (χ2v) is 8.40. The predicted molar refractivity (Wildman–Crippen MR) is 127 cm³/mol. The Morgan fingerprint density at radius 1 is 1.21 bits per heavy atom. The minimum atomic E-state index is -1.26. The first-order valence-corrected chi connectivity index (χ1v) is 11.6. The summed E-state index contributed by atoms with van der Waals surface area (Å²) in [4.78, 5) is 34.3. The standard InChI is InChI=1S/C19H28ClN3O3.C4H4O4/c1-2-25-18-11-17(21)16(20)10-15(18)19(24)22-13-5-7-23(8-6-13)12-14-4-3-9-26-14;5-3(6)1-2-4(7)8/h10-11,13-14H,2-9,12,21H2,1H3,(H,22,24);1-2H,(H,5,6)(H,7,8). The Morgan fingerprint density at radius 2 is 1.85 bits per heavy atom. The highest BCUT2D eigenvalue weighted by Crippen LogP contribution is 2.29. The SMILES string of the molecule is CCOc1cc(N)c(Cl)cc1C(=O)NC1CCN(CC2CCCO2)CC1.O=C(O)C=CC(=O)O. The van der Waals surface area contributed by atoms with Crippen molar-refractivity contribution in [2.24, 2.45) is 0 Å². The molecule has 0 aromatic heterocycles. The monoisotopic (exact) mass is 497 g/mol. The van der Waals surface area contributed by atoms with Gasteiger partial charge in [0.05, 0.1) is 29.0 Å². The van der Waals surface area contributed by atoms with Crippen LogP contribution >= 0.6 is 11.6 Å². The molecule has 188 valence electrons. The van der Waals surface area contributed by atoms with Crippen molar-refractivity contribution in [1.82, 2.24) is 10.2 Å². The smallest absolute Gasteiger partial charge is 0.328 e. The molecule has 1 unspecified atom stereocenters. The maximum Gasteiger partial charge on any atom is 0.328 e. The molecule has 2 aliphatic heterocycles. The molecular formula is C23H32ClN3O7. The summed E-state index contributed by atoms with van der Waals surface area (Å²) in [7, 11) is 0. The normalized spacial score (nSPS) is 18.8. The van der Waals surface area contributed by atoms with Crippen LogP contribution in [0.15, 0.2) is 24.3 Å². The second-order valence-electron chi connectivity index (χ2n) is 8.00. The van der Waals surface area contributed by atoms with Crippen LogP contribution in [-0.4, -0.2) is 78.0 Å². The van der Waals surface area contributed by atoms with Crippen LogP contribution < -0.4 is 15.8 Å². The van der Waals surface area contributed by atoms with E-state index in [1.54, 1.807) is 12.1 Å². The number of nitrogens with zero attached hydrogens (tertiary/aromatic N) is 1. The first-order chi connectivity index (χ1) is 16.2. The fraction of sp³-hybridized carbons (Fsp3) is 0.522. The molecule has 0 aliphatic carbocycles. The van der Waals surface area contributed by atoms with Crippen LogP contribution in [0, 0.1) is 0 Å². The summed E-state index contributed by atoms with van der Waals surface area (Å²) in [5, 5.41) is 19.1. The van der Waals surface area contributed by atoms with E-state index in [0.29, 0.717) is 46.9 Å². The number of ether oxygens (including phenoxy) is 2. The summed E-state index contributed by atoms with van der Waals surface area (Å²) >= 11 is 6.09. The van der Waals surface area contributed by atoms with E-state index in [1.165, 1.54) is 6.42 Å². The zero-order chi connectivity index (χ0) is 25.1. The number of hydrogen-bond donors (Lipinski definition) is 4. The molecule has 10 nitrogen and oxygen atoms in total. The van der Waals surface area contributed by atoms with Gasteiger partial charge in [0.1, 0.15) is 5.75 Å². The van der Waals surface area contributed by atoms with Crippen LogP contribution in [0.5, 0.6) is 5.75 Å². The van der Waals surface area contributed by atoms with Gasteiger partial charge in [0.25, 0.3) is 5.91 Å². The maximum absolute atomic E-state index is 12.7. The van der Waals surface area contributed by atoms with Gasteiger partial charge in [-0.1, -0.05) is 11.6 Å². The summed E-state index contributed by atoms with van der Waals surface area (Å²) < 4.78 is 11.3. The van der Waals surface area contributed by atoms with E-state index in [0.717, 1.165) is 45.5 Å². The maximum atomic E-state index is 12.7. The molecule has 0 saturated carbocycles. The lowest BCUT2D eigenvalue weighted by atomic mass is 10.0. The van der Waals surface area contributed by atoms with E-state index in [9.17, 15) is 14.4 Å². The zero-order valence-corrected chi connectivity index (χ0v) is 19.9. The Hall–Kier alpha value is -2.82. The number of aliphatic carboxylic acids is 2. The van der Waals surface area contributed by atoms with Crippen LogP contribution in [0.4, 0.5) is 5.69 Å². The number of carboxylic acid groups (broad SMARTS) is 2. The second kappa shape index (κ2) is 13.8. The Balaban J connectivity index is 0.000000440. The molecule has 0 bridgehead atoms. The Bertz CT molecular complexity index is 864. The molecule has 2 saturated heterocycles. The first kappa shape index (κ1) is 27.4. The third-order valence-corrected chi connectivity index (χ3v) is 5.75. The molecule has 34 heavy (non-hydrogen) atoms. The molecule has 5 N–H and O–H groups in total. The van der Waals surface area contributed by atoms with Gasteiger partial charge in [-0.15, -0.1) is 0 Å². The summed E-state index contributed by atoms with van der Waals surface area (Å²) in [6, 6.07) is 3.36. The average molecular weight is 498 g/mol. The van der Waals surface area contributed by atoms with E-state index in [2.05, 4.69) is 10.2 Å². The van der Waals surface area contributed by atoms with E-state index in [1.807, 2.05) is 6.92 Å². The van der Waals surface area contributed by atoms with E-state index >= 15 is 0 Å². The number of nitrogens with two attached hydrogens (primary N) is 1. The van der Waals surface area contributed by atoms with Crippen molar-refractivity contribution in [3.05, 3.63) is 34.9 Å². The van der Waals surface area contributed by atoms with Crippen molar-refractivity contribution in [1.29, 1.82) is 0 Å². The summed E-state index contributed by atoms with van der Waals surface area (Å²) in [5.41, 5.74) is 6.68. The van der Waals surface area contributed by atoms with E-state index in [4.69, 9.17) is 37.0 Å². The predicted octanol–water partition coefficient (Wildman–Crippen LogP) is 2.41. The van der Waals surface area contributed by atoms with Crippen LogP contribution in [0.1, 0.15) is 43.0 Å². The van der Waals surface area contributed by atoms with E-state index < -0.39 is 11.9 Å². The molecule has 3 rings (SSSR count). The molecule has 1 amide bonds. The van der Waals surface area contributed by atoms with Gasteiger partial charge in [0.15, 0.2) is 0 Å². The third-order valence-electron chi connectivity index (χ3n) is 5.42. The van der Waals surface area contributed by atoms with Gasteiger partial charge in [-0.05, 0) is 38.7 Å². The first-order valence-electron chi connectivity index (χ1n) is 11.2. The van der Waals surface area contributed by atoms with Crippen molar-refractivity contribution in [3.63, 3.8) is 0 Å². The molecule has 2 heterocycles. The van der Waals surface area contributed by atoms with Gasteiger partial charge in [0, 0.05) is 50.5 Å². The molecule has 1 aromatic rings. The molecule has 1 atom stereocenters. The van der Waals surface area contributed by atoms with Gasteiger partial charge < -0.3 is 35.6 Å². The number of amides is 1. The van der Waals surface area contributed by atoms with Crippen molar-refractivity contribution >= 4 is 35.1 Å². The van der Waals surface area contributed by atoms with Gasteiger partial charge in [-0.3, -0.25) is 4.79 Å². The number of carbonyl (C=O) groups is 3. The molecule has 2 aliphatic rings. The lowest BCUT2D eigenvalue weighted by Crippen LogP contribution is -2.46. The number of hydrogen-bond acceptors (Lipinski definition) is 7. The molecule has 11 heteroatoms. The number of carboxylic acids is 2. The highest BCUT2D eigenvalue weighted by Gasteiger charge is 2.26. The Labute approximate surface area is 203 Å². The third kappa shape index (κ3) is 9.20. The van der Waals surface area contributed by atoms with Gasteiger partial charge in [-0.25, -0.2) is 9.59 Å². The minimum absolute atomic E-state index is 0.159. The van der Waals surface area contributed by atoms with Crippen molar-refractivity contribution in [3.8, 4) is 5.75 Å². The van der Waals surface area contributed by atoms with Gasteiger partial charge in [0.2, 0.25) is 0 Å². The number of halogens is 1. The largest absolute Gasteiger partial charge is 0.493 e. The highest BCUT2D eigenvalue weighted by molar-refractivity contribution is 6.33. The number of nitrogens with one attached hydrogen (secondary N) is 1. The highest BCUT2D eigenvalue weighted by atomic mass is 35.5. The summed E-state index contributed by atoms with van der Waals surface area (Å²) in [5.74, 6) is -2.20. The molecular weight excluding hydrogens is 466 g/mol. The van der Waals surface area contributed by atoms with Gasteiger partial charge in [-0.2, -0.15) is 0 Å². The quantitative estimate of drug-likeness (QED) is 0.313. The Morgan fingerprint density at radius 3 is 2.38 bits per heavy atom.